The zero-order valence-corrected chi connectivity index (χ0v) is 14.9. The van der Waals surface area contributed by atoms with Gasteiger partial charge < -0.3 is 5.32 Å². The SMILES string of the molecule is CCNCc1cc(CN2CCC(N(CC)CC)C2)c(C)s1. The van der Waals surface area contributed by atoms with E-state index >= 15 is 0 Å². The molecule has 1 aliphatic rings. The van der Waals surface area contributed by atoms with Crippen LogP contribution in [0.5, 0.6) is 0 Å². The van der Waals surface area contributed by atoms with Crippen LogP contribution in [-0.4, -0.2) is 48.6 Å². The lowest BCUT2D eigenvalue weighted by atomic mass is 10.2. The first-order valence-corrected chi connectivity index (χ1v) is 9.24. The first kappa shape index (κ1) is 16.9. The van der Waals surface area contributed by atoms with Crippen molar-refractivity contribution < 1.29 is 0 Å². The Morgan fingerprint density at radius 1 is 1.33 bits per heavy atom. The second kappa shape index (κ2) is 8.28. The Hall–Kier alpha value is -0.420. The second-order valence-corrected chi connectivity index (χ2v) is 7.31. The van der Waals surface area contributed by atoms with Crippen LogP contribution in [0.4, 0.5) is 0 Å². The minimum absolute atomic E-state index is 0.764. The molecular weight excluding hydrogens is 278 g/mol. The van der Waals surface area contributed by atoms with Gasteiger partial charge in [-0.05, 0) is 44.6 Å². The molecule has 0 bridgehead atoms. The Morgan fingerprint density at radius 3 is 2.76 bits per heavy atom. The van der Waals surface area contributed by atoms with Crippen LogP contribution < -0.4 is 5.32 Å². The van der Waals surface area contributed by atoms with Gasteiger partial charge in [-0.3, -0.25) is 9.80 Å². The predicted octanol–water partition coefficient (Wildman–Crippen LogP) is 3.08. The average molecular weight is 310 g/mol. The average Bonchev–Trinajstić information content (AvgIpc) is 3.06. The molecule has 2 heterocycles. The maximum absolute atomic E-state index is 3.43. The standard InChI is InChI=1S/C17H31N3S/c1-5-18-11-17-10-15(14(4)21-17)12-19-9-8-16(13-19)20(6-2)7-3/h10,16,18H,5-9,11-13H2,1-4H3. The van der Waals surface area contributed by atoms with Crippen LogP contribution in [0.3, 0.4) is 0 Å². The summed E-state index contributed by atoms with van der Waals surface area (Å²) >= 11 is 1.95. The Morgan fingerprint density at radius 2 is 2.10 bits per heavy atom. The summed E-state index contributed by atoms with van der Waals surface area (Å²) in [6.07, 6.45) is 1.33. The summed E-state index contributed by atoms with van der Waals surface area (Å²) in [5.41, 5.74) is 1.54. The lowest BCUT2D eigenvalue weighted by Crippen LogP contribution is -2.37. The van der Waals surface area contributed by atoms with Gasteiger partial charge in [0.1, 0.15) is 0 Å². The molecule has 120 valence electrons. The second-order valence-electron chi connectivity index (χ2n) is 5.97. The van der Waals surface area contributed by atoms with E-state index in [1.54, 1.807) is 0 Å². The van der Waals surface area contributed by atoms with Gasteiger partial charge in [0.25, 0.3) is 0 Å². The van der Waals surface area contributed by atoms with E-state index in [-0.39, 0.29) is 0 Å². The van der Waals surface area contributed by atoms with Crippen LogP contribution in [0, 0.1) is 6.92 Å². The van der Waals surface area contributed by atoms with Crippen molar-refractivity contribution >= 4 is 11.3 Å². The Labute approximate surface area is 134 Å². The van der Waals surface area contributed by atoms with Gasteiger partial charge in [0, 0.05) is 42.0 Å². The van der Waals surface area contributed by atoms with Crippen molar-refractivity contribution in [3.63, 3.8) is 0 Å². The van der Waals surface area contributed by atoms with E-state index in [0.717, 1.165) is 25.7 Å². The molecule has 0 aliphatic carbocycles. The molecule has 4 heteroatoms. The zero-order valence-electron chi connectivity index (χ0n) is 14.1. The smallest absolute Gasteiger partial charge is 0.0299 e. The summed E-state index contributed by atoms with van der Waals surface area (Å²) in [6.45, 7) is 17.0. The van der Waals surface area contributed by atoms with Crippen molar-refractivity contribution in [2.24, 2.45) is 0 Å². The maximum Gasteiger partial charge on any atom is 0.0299 e. The largest absolute Gasteiger partial charge is 0.312 e. The third-order valence-corrected chi connectivity index (χ3v) is 5.68. The highest BCUT2D eigenvalue weighted by molar-refractivity contribution is 7.12. The third kappa shape index (κ3) is 4.52. The van der Waals surface area contributed by atoms with Crippen molar-refractivity contribution in [3.05, 3.63) is 21.4 Å². The molecule has 1 saturated heterocycles. The number of nitrogens with zero attached hydrogens (tertiary/aromatic N) is 2. The van der Waals surface area contributed by atoms with E-state index in [1.807, 2.05) is 11.3 Å². The van der Waals surface area contributed by atoms with Gasteiger partial charge in [-0.1, -0.05) is 20.8 Å². The van der Waals surface area contributed by atoms with E-state index in [2.05, 4.69) is 48.9 Å². The van der Waals surface area contributed by atoms with Crippen LogP contribution in [0.2, 0.25) is 0 Å². The molecule has 1 atom stereocenters. The van der Waals surface area contributed by atoms with Gasteiger partial charge in [-0.25, -0.2) is 0 Å². The summed E-state index contributed by atoms with van der Waals surface area (Å²) in [7, 11) is 0. The van der Waals surface area contributed by atoms with Gasteiger partial charge in [0.05, 0.1) is 0 Å². The van der Waals surface area contributed by atoms with Crippen molar-refractivity contribution in [2.45, 2.75) is 53.2 Å². The van der Waals surface area contributed by atoms with Crippen molar-refractivity contribution in [1.82, 2.24) is 15.1 Å². The van der Waals surface area contributed by atoms with E-state index in [9.17, 15) is 0 Å². The number of thiophene rings is 1. The van der Waals surface area contributed by atoms with Gasteiger partial charge in [-0.15, -0.1) is 11.3 Å². The number of hydrogen-bond donors (Lipinski definition) is 1. The highest BCUT2D eigenvalue weighted by atomic mass is 32.1. The molecule has 0 radical (unpaired) electrons. The van der Waals surface area contributed by atoms with E-state index in [0.29, 0.717) is 0 Å². The summed E-state index contributed by atoms with van der Waals surface area (Å²) in [6, 6.07) is 3.17. The van der Waals surface area contributed by atoms with Crippen molar-refractivity contribution in [3.8, 4) is 0 Å². The summed E-state index contributed by atoms with van der Waals surface area (Å²) < 4.78 is 0. The third-order valence-electron chi connectivity index (χ3n) is 4.59. The number of likely N-dealkylation sites (N-methyl/N-ethyl adjacent to an activating group) is 1. The topological polar surface area (TPSA) is 18.5 Å². The molecule has 1 unspecified atom stereocenters. The monoisotopic (exact) mass is 309 g/mol. The molecule has 0 spiro atoms. The zero-order chi connectivity index (χ0) is 15.2. The van der Waals surface area contributed by atoms with Crippen molar-refractivity contribution in [1.29, 1.82) is 0 Å². The molecule has 1 aromatic rings. The lowest BCUT2D eigenvalue weighted by Gasteiger charge is -2.26. The predicted molar refractivity (Wildman–Crippen MR) is 93.0 cm³/mol. The van der Waals surface area contributed by atoms with Gasteiger partial charge in [-0.2, -0.15) is 0 Å². The van der Waals surface area contributed by atoms with Crippen LogP contribution in [0.15, 0.2) is 6.07 Å². The molecule has 1 fully saturated rings. The molecule has 1 aliphatic heterocycles. The van der Waals surface area contributed by atoms with Gasteiger partial charge >= 0.3 is 0 Å². The Kier molecular flexibility index (Phi) is 6.68. The van der Waals surface area contributed by atoms with Crippen LogP contribution in [-0.2, 0) is 13.1 Å². The number of rotatable bonds is 8. The quantitative estimate of drug-likeness (QED) is 0.796. The van der Waals surface area contributed by atoms with Gasteiger partial charge in [0.2, 0.25) is 0 Å². The van der Waals surface area contributed by atoms with Crippen LogP contribution in [0.1, 0.15) is 42.5 Å². The number of aryl methyl sites for hydroxylation is 1. The fourth-order valence-electron chi connectivity index (χ4n) is 3.31. The molecule has 1 aromatic heterocycles. The molecule has 2 rings (SSSR count). The van der Waals surface area contributed by atoms with E-state index in [1.165, 1.54) is 47.9 Å². The molecule has 0 aromatic carbocycles. The summed E-state index contributed by atoms with van der Waals surface area (Å²) in [4.78, 5) is 8.21. The summed E-state index contributed by atoms with van der Waals surface area (Å²) in [5.74, 6) is 0. The highest BCUT2D eigenvalue weighted by Gasteiger charge is 2.26. The normalized spacial score (nSPS) is 19.8. The van der Waals surface area contributed by atoms with E-state index < -0.39 is 0 Å². The highest BCUT2D eigenvalue weighted by Crippen LogP contribution is 2.25. The van der Waals surface area contributed by atoms with E-state index in [4.69, 9.17) is 0 Å². The first-order valence-electron chi connectivity index (χ1n) is 8.43. The molecule has 0 amide bonds. The van der Waals surface area contributed by atoms with Crippen LogP contribution >= 0.6 is 11.3 Å². The lowest BCUT2D eigenvalue weighted by molar-refractivity contribution is 0.209. The fourth-order valence-corrected chi connectivity index (χ4v) is 4.34. The number of hydrogen-bond acceptors (Lipinski definition) is 4. The van der Waals surface area contributed by atoms with Gasteiger partial charge in [0.15, 0.2) is 0 Å². The summed E-state index contributed by atoms with van der Waals surface area (Å²) in [5, 5.41) is 3.43. The van der Waals surface area contributed by atoms with Crippen LogP contribution in [0.25, 0.3) is 0 Å². The maximum atomic E-state index is 3.43. The molecule has 0 saturated carbocycles. The fraction of sp³-hybridized carbons (Fsp3) is 0.765. The molecule has 21 heavy (non-hydrogen) atoms. The molecule has 3 nitrogen and oxygen atoms in total. The van der Waals surface area contributed by atoms with Crippen molar-refractivity contribution in [2.75, 3.05) is 32.7 Å². The minimum Gasteiger partial charge on any atom is -0.312 e. The molecular formula is C17H31N3S. The molecule has 1 N–H and O–H groups in total. The Balaban J connectivity index is 1.89. The Bertz CT molecular complexity index is 426. The first-order chi connectivity index (χ1) is 10.2. The number of likely N-dealkylation sites (tertiary alicyclic amines) is 1. The minimum atomic E-state index is 0.764. The number of nitrogens with one attached hydrogen (secondary N) is 1.